The van der Waals surface area contributed by atoms with Crippen LogP contribution in [0.1, 0.15) is 59.8 Å². The van der Waals surface area contributed by atoms with Crippen LogP contribution in [0.15, 0.2) is 0 Å². The second kappa shape index (κ2) is 5.20. The van der Waals surface area contributed by atoms with Crippen LogP contribution in [0.25, 0.3) is 0 Å². The molecule has 0 radical (unpaired) electrons. The van der Waals surface area contributed by atoms with Crippen LogP contribution < -0.4 is 0 Å². The van der Waals surface area contributed by atoms with E-state index < -0.39 is 5.97 Å². The van der Waals surface area contributed by atoms with Gasteiger partial charge in [0, 0.05) is 6.42 Å². The van der Waals surface area contributed by atoms with Gasteiger partial charge < -0.3 is 5.11 Å². The van der Waals surface area contributed by atoms with Crippen LogP contribution in [0.2, 0.25) is 0 Å². The topological polar surface area (TPSA) is 37.3 Å². The summed E-state index contributed by atoms with van der Waals surface area (Å²) in [7, 11) is 0. The molecule has 0 aromatic rings. The Hall–Kier alpha value is -0.530. The first-order valence-corrected chi connectivity index (χ1v) is 6.52. The predicted octanol–water partition coefficient (Wildman–Crippen LogP) is 3.95. The van der Waals surface area contributed by atoms with Crippen molar-refractivity contribution in [1.82, 2.24) is 0 Å². The third kappa shape index (κ3) is 3.80. The van der Waals surface area contributed by atoms with E-state index >= 15 is 0 Å². The lowest BCUT2D eigenvalue weighted by atomic mass is 9.63. The predicted molar refractivity (Wildman–Crippen MR) is 66.3 cm³/mol. The molecule has 1 rings (SSSR count). The maximum absolute atomic E-state index is 10.7. The van der Waals surface area contributed by atoms with Gasteiger partial charge in [-0.15, -0.1) is 0 Å². The van der Waals surface area contributed by atoms with Gasteiger partial charge in [0.1, 0.15) is 0 Å². The summed E-state index contributed by atoms with van der Waals surface area (Å²) in [5, 5.41) is 8.79. The van der Waals surface area contributed by atoms with Gasteiger partial charge in [0.15, 0.2) is 0 Å². The summed E-state index contributed by atoms with van der Waals surface area (Å²) in [6, 6.07) is 0. The van der Waals surface area contributed by atoms with E-state index in [0.717, 1.165) is 12.3 Å². The minimum atomic E-state index is -0.647. The molecule has 0 aromatic heterocycles. The highest BCUT2D eigenvalue weighted by molar-refractivity contribution is 5.66. The van der Waals surface area contributed by atoms with Crippen LogP contribution in [-0.4, -0.2) is 11.1 Å². The lowest BCUT2D eigenvalue weighted by Gasteiger charge is -2.42. The number of carbonyl (C=O) groups is 1. The molecule has 0 spiro atoms. The highest BCUT2D eigenvalue weighted by atomic mass is 16.4. The normalized spacial score (nSPS) is 31.4. The minimum Gasteiger partial charge on any atom is -0.481 e. The van der Waals surface area contributed by atoms with Gasteiger partial charge in [0.05, 0.1) is 0 Å². The molecule has 0 saturated heterocycles. The largest absolute Gasteiger partial charge is 0.481 e. The fraction of sp³-hybridized carbons (Fsp3) is 0.929. The van der Waals surface area contributed by atoms with Gasteiger partial charge in [-0.1, -0.05) is 34.1 Å². The summed E-state index contributed by atoms with van der Waals surface area (Å²) >= 11 is 0. The Labute approximate surface area is 99.4 Å². The molecule has 1 aliphatic carbocycles. The number of aliphatic carboxylic acids is 1. The molecule has 1 N–H and O–H groups in total. The first kappa shape index (κ1) is 13.5. The lowest BCUT2D eigenvalue weighted by molar-refractivity contribution is -0.137. The maximum atomic E-state index is 10.7. The van der Waals surface area contributed by atoms with Crippen LogP contribution in [0, 0.1) is 23.2 Å². The zero-order valence-electron chi connectivity index (χ0n) is 11.1. The molecule has 16 heavy (non-hydrogen) atoms. The van der Waals surface area contributed by atoms with Crippen molar-refractivity contribution >= 4 is 5.97 Å². The Morgan fingerprint density at radius 1 is 1.31 bits per heavy atom. The Balaban J connectivity index is 2.61. The number of rotatable bonds is 3. The van der Waals surface area contributed by atoms with Crippen molar-refractivity contribution in [2.24, 2.45) is 23.2 Å². The first-order chi connectivity index (χ1) is 7.30. The van der Waals surface area contributed by atoms with Crippen molar-refractivity contribution in [3.8, 4) is 0 Å². The molecule has 1 fully saturated rings. The van der Waals surface area contributed by atoms with Gasteiger partial charge in [0.25, 0.3) is 0 Å². The minimum absolute atomic E-state index is 0.317. The van der Waals surface area contributed by atoms with Crippen LogP contribution in [-0.2, 0) is 4.79 Å². The molecule has 1 saturated carbocycles. The molecule has 0 aliphatic heterocycles. The Kier molecular flexibility index (Phi) is 4.40. The Morgan fingerprint density at radius 3 is 2.44 bits per heavy atom. The molecule has 0 heterocycles. The fourth-order valence-electron chi connectivity index (χ4n) is 3.16. The summed E-state index contributed by atoms with van der Waals surface area (Å²) < 4.78 is 0. The van der Waals surface area contributed by atoms with Gasteiger partial charge in [-0.05, 0) is 42.4 Å². The van der Waals surface area contributed by atoms with Crippen LogP contribution in [0.3, 0.4) is 0 Å². The second-order valence-electron chi connectivity index (χ2n) is 6.58. The molecule has 1 aliphatic rings. The van der Waals surface area contributed by atoms with Gasteiger partial charge in [-0.25, -0.2) is 0 Å². The highest BCUT2D eigenvalue weighted by Gasteiger charge is 2.36. The molecule has 3 unspecified atom stereocenters. The maximum Gasteiger partial charge on any atom is 0.303 e. The molecule has 2 heteroatoms. The average molecular weight is 226 g/mol. The van der Waals surface area contributed by atoms with E-state index in [1.54, 1.807) is 0 Å². The zero-order chi connectivity index (χ0) is 12.3. The number of hydrogen-bond donors (Lipinski definition) is 1. The van der Waals surface area contributed by atoms with Gasteiger partial charge in [0.2, 0.25) is 0 Å². The summed E-state index contributed by atoms with van der Waals surface area (Å²) in [6.45, 7) is 9.21. The van der Waals surface area contributed by atoms with Crippen molar-refractivity contribution in [3.63, 3.8) is 0 Å². The van der Waals surface area contributed by atoms with E-state index in [2.05, 4.69) is 27.7 Å². The molecule has 2 nitrogen and oxygen atoms in total. The van der Waals surface area contributed by atoms with Crippen LogP contribution in [0.5, 0.6) is 0 Å². The second-order valence-corrected chi connectivity index (χ2v) is 6.58. The smallest absolute Gasteiger partial charge is 0.303 e. The first-order valence-electron chi connectivity index (χ1n) is 6.52. The Morgan fingerprint density at radius 2 is 1.94 bits per heavy atom. The van der Waals surface area contributed by atoms with Crippen molar-refractivity contribution in [2.45, 2.75) is 59.8 Å². The average Bonchev–Trinajstić information content (AvgIpc) is 2.14. The molecular weight excluding hydrogens is 200 g/mol. The highest BCUT2D eigenvalue weighted by Crippen LogP contribution is 2.45. The summed E-state index contributed by atoms with van der Waals surface area (Å²) in [5.74, 6) is 1.47. The van der Waals surface area contributed by atoms with E-state index in [4.69, 9.17) is 5.11 Å². The third-order valence-electron chi connectivity index (χ3n) is 4.10. The fourth-order valence-corrected chi connectivity index (χ4v) is 3.16. The van der Waals surface area contributed by atoms with E-state index in [1.807, 2.05) is 0 Å². The van der Waals surface area contributed by atoms with E-state index in [0.29, 0.717) is 23.7 Å². The lowest BCUT2D eigenvalue weighted by Crippen LogP contribution is -2.34. The molecule has 0 aromatic carbocycles. The quantitative estimate of drug-likeness (QED) is 0.791. The monoisotopic (exact) mass is 226 g/mol. The summed E-state index contributed by atoms with van der Waals surface area (Å²) in [6.07, 6.45) is 4.97. The van der Waals surface area contributed by atoms with Crippen molar-refractivity contribution in [3.05, 3.63) is 0 Å². The molecule has 0 amide bonds. The molecule has 3 atom stereocenters. The van der Waals surface area contributed by atoms with E-state index in [1.165, 1.54) is 19.3 Å². The molecular formula is C14H26O2. The number of carboxylic acids is 1. The Bertz CT molecular complexity index is 240. The zero-order valence-corrected chi connectivity index (χ0v) is 11.1. The van der Waals surface area contributed by atoms with Crippen molar-refractivity contribution in [1.29, 1.82) is 0 Å². The van der Waals surface area contributed by atoms with Crippen molar-refractivity contribution < 1.29 is 9.90 Å². The van der Waals surface area contributed by atoms with Crippen LogP contribution in [0.4, 0.5) is 0 Å². The van der Waals surface area contributed by atoms with Crippen LogP contribution >= 0.6 is 0 Å². The van der Waals surface area contributed by atoms with E-state index in [9.17, 15) is 4.79 Å². The summed E-state index contributed by atoms with van der Waals surface area (Å²) in [4.78, 5) is 10.7. The standard InChI is InChI=1S/C14H26O2/c1-10-5-6-11(7-8-13(15)16)12(9-10)14(2,3)4/h10-12H,5-9H2,1-4H3,(H,15,16). The third-order valence-corrected chi connectivity index (χ3v) is 4.10. The number of hydrogen-bond acceptors (Lipinski definition) is 1. The summed E-state index contributed by atoms with van der Waals surface area (Å²) in [5.41, 5.74) is 0.317. The SMILES string of the molecule is CC1CCC(CCC(=O)O)C(C(C)(C)C)C1. The van der Waals surface area contributed by atoms with Gasteiger partial charge in [-0.3, -0.25) is 4.79 Å². The molecule has 94 valence electrons. The number of carboxylic acid groups (broad SMARTS) is 1. The van der Waals surface area contributed by atoms with Crippen molar-refractivity contribution in [2.75, 3.05) is 0 Å². The van der Waals surface area contributed by atoms with E-state index in [-0.39, 0.29) is 0 Å². The van der Waals surface area contributed by atoms with Gasteiger partial charge >= 0.3 is 5.97 Å². The molecule has 0 bridgehead atoms. The van der Waals surface area contributed by atoms with Gasteiger partial charge in [-0.2, -0.15) is 0 Å².